The number of rotatable bonds is 3. The monoisotopic (exact) mass is 359 g/mol. The van der Waals surface area contributed by atoms with Crippen LogP contribution in [0.5, 0.6) is 0 Å². The summed E-state index contributed by atoms with van der Waals surface area (Å²) < 4.78 is 1.84. The van der Waals surface area contributed by atoms with Gasteiger partial charge in [-0.3, -0.25) is 14.5 Å². The molecule has 25 heavy (non-hydrogen) atoms. The third-order valence-electron chi connectivity index (χ3n) is 4.41. The molecule has 1 aliphatic heterocycles. The van der Waals surface area contributed by atoms with E-state index < -0.39 is 10.8 Å². The van der Waals surface area contributed by atoms with Crippen molar-refractivity contribution in [2.24, 2.45) is 7.05 Å². The van der Waals surface area contributed by atoms with Gasteiger partial charge < -0.3 is 9.88 Å². The molecule has 1 aromatic heterocycles. The maximum absolute atomic E-state index is 13.2. The van der Waals surface area contributed by atoms with Gasteiger partial charge in [0.1, 0.15) is 11.4 Å². The Labute approximate surface area is 150 Å². The minimum Gasteiger partial charge on any atom is -0.322 e. The van der Waals surface area contributed by atoms with Crippen LogP contribution in [0.2, 0.25) is 0 Å². The molecule has 1 aliphatic rings. The van der Waals surface area contributed by atoms with Crippen LogP contribution in [-0.2, 0) is 16.6 Å². The van der Waals surface area contributed by atoms with Crippen LogP contribution in [0, 0.1) is 6.92 Å². The lowest BCUT2D eigenvalue weighted by molar-refractivity contribution is -0.126. The third-order valence-corrected chi connectivity index (χ3v) is 5.53. The van der Waals surface area contributed by atoms with Crippen molar-refractivity contribution in [2.75, 3.05) is 10.2 Å². The van der Waals surface area contributed by atoms with Crippen molar-refractivity contribution in [3.8, 4) is 0 Å². The molecule has 1 aromatic carbocycles. The predicted molar refractivity (Wildman–Crippen MR) is 97.7 cm³/mol. The lowest BCUT2D eigenvalue weighted by atomic mass is 9.96. The summed E-state index contributed by atoms with van der Waals surface area (Å²) in [4.78, 5) is 27.3. The van der Waals surface area contributed by atoms with E-state index in [2.05, 4.69) is 15.5 Å². The number of carbonyl (C=O) groups excluding carboxylic acids is 2. The number of nitrogens with zero attached hydrogens (tertiary/aromatic N) is 4. The number of hydrogen-bond acceptors (Lipinski definition) is 5. The maximum Gasteiger partial charge on any atom is 0.250 e. The molecule has 0 aliphatic carbocycles. The van der Waals surface area contributed by atoms with E-state index in [0.717, 1.165) is 5.82 Å². The predicted octanol–water partition coefficient (Wildman–Crippen LogP) is 2.37. The number of amides is 2. The second kappa shape index (κ2) is 6.18. The molecule has 0 unspecified atom stereocenters. The van der Waals surface area contributed by atoms with Crippen LogP contribution in [0.4, 0.5) is 11.4 Å². The fourth-order valence-electron chi connectivity index (χ4n) is 2.73. The second-order valence-electron chi connectivity index (χ2n) is 6.55. The van der Waals surface area contributed by atoms with Gasteiger partial charge in [0.05, 0.1) is 16.6 Å². The molecule has 0 bridgehead atoms. The van der Waals surface area contributed by atoms with Gasteiger partial charge in [0.2, 0.25) is 11.8 Å². The topological polar surface area (TPSA) is 80.1 Å². The second-order valence-corrected chi connectivity index (χ2v) is 7.86. The Bertz CT molecular complexity index is 845. The lowest BCUT2D eigenvalue weighted by Gasteiger charge is -2.43. The first-order valence-corrected chi connectivity index (χ1v) is 8.88. The summed E-state index contributed by atoms with van der Waals surface area (Å²) >= 11 is 1.34. The van der Waals surface area contributed by atoms with E-state index in [1.807, 2.05) is 43.7 Å². The highest BCUT2D eigenvalue weighted by molar-refractivity contribution is 8.00. The van der Waals surface area contributed by atoms with Crippen LogP contribution in [-0.4, -0.2) is 37.4 Å². The number of hydrogen-bond donors (Lipinski definition) is 1. The molecule has 8 heteroatoms. The summed E-state index contributed by atoms with van der Waals surface area (Å²) in [6, 6.07) is 7.34. The Kier molecular flexibility index (Phi) is 4.32. The smallest absolute Gasteiger partial charge is 0.250 e. The fourth-order valence-corrected chi connectivity index (χ4v) is 3.63. The van der Waals surface area contributed by atoms with Gasteiger partial charge in [0.15, 0.2) is 5.16 Å². The maximum atomic E-state index is 13.2. The van der Waals surface area contributed by atoms with E-state index in [-0.39, 0.29) is 11.8 Å². The van der Waals surface area contributed by atoms with Crippen molar-refractivity contribution in [3.63, 3.8) is 0 Å². The van der Waals surface area contributed by atoms with E-state index in [4.69, 9.17) is 0 Å². The van der Waals surface area contributed by atoms with E-state index in [1.165, 1.54) is 11.8 Å². The largest absolute Gasteiger partial charge is 0.322 e. The third kappa shape index (κ3) is 2.90. The molecule has 0 fully saturated rings. The normalized spacial score (nSPS) is 17.0. The molecule has 0 saturated heterocycles. The lowest BCUT2D eigenvalue weighted by Crippen LogP contribution is -2.60. The van der Waals surface area contributed by atoms with Crippen LogP contribution in [0.1, 0.15) is 26.6 Å². The van der Waals surface area contributed by atoms with Gasteiger partial charge in [-0.15, -0.1) is 10.2 Å². The summed E-state index contributed by atoms with van der Waals surface area (Å²) in [5.41, 5.74) is 0.376. The molecule has 1 atom stereocenters. The van der Waals surface area contributed by atoms with Gasteiger partial charge in [-0.2, -0.15) is 0 Å². The molecule has 132 valence electrons. The SMILES string of the molecule is Cc1nnc(S[C@H](C)C(=O)N2c3ccccc3NC(=O)C2(C)C)n1C. The van der Waals surface area contributed by atoms with Gasteiger partial charge >= 0.3 is 0 Å². The molecule has 2 heterocycles. The van der Waals surface area contributed by atoms with Crippen molar-refractivity contribution in [1.82, 2.24) is 14.8 Å². The van der Waals surface area contributed by atoms with Gasteiger partial charge in [0.25, 0.3) is 0 Å². The Balaban J connectivity index is 1.94. The zero-order valence-electron chi connectivity index (χ0n) is 14.9. The van der Waals surface area contributed by atoms with Gasteiger partial charge in [-0.1, -0.05) is 23.9 Å². The zero-order valence-corrected chi connectivity index (χ0v) is 15.7. The van der Waals surface area contributed by atoms with Crippen LogP contribution in [0.3, 0.4) is 0 Å². The number of thioether (sulfide) groups is 1. The number of para-hydroxylation sites is 2. The first-order valence-electron chi connectivity index (χ1n) is 8.00. The summed E-state index contributed by atoms with van der Waals surface area (Å²) in [5.74, 6) is 0.439. The van der Waals surface area contributed by atoms with E-state index in [0.29, 0.717) is 16.5 Å². The molecule has 0 spiro atoms. The fraction of sp³-hybridized carbons (Fsp3) is 0.412. The standard InChI is InChI=1S/C17H21N5O2S/c1-10(25-16-20-19-11(2)21(16)5)14(23)22-13-9-7-6-8-12(13)18-15(24)17(22,3)4/h6-10H,1-5H3,(H,18,24)/t10-/m1/s1. The van der Waals surface area contributed by atoms with Crippen LogP contribution >= 0.6 is 11.8 Å². The Morgan fingerprint density at radius 1 is 1.28 bits per heavy atom. The molecule has 3 rings (SSSR count). The molecule has 0 saturated carbocycles. The highest BCUT2D eigenvalue weighted by atomic mass is 32.2. The van der Waals surface area contributed by atoms with Gasteiger partial charge in [-0.25, -0.2) is 0 Å². The number of anilines is 2. The number of aryl methyl sites for hydroxylation is 1. The van der Waals surface area contributed by atoms with Crippen LogP contribution in [0.15, 0.2) is 29.4 Å². The van der Waals surface area contributed by atoms with Crippen molar-refractivity contribution in [2.45, 2.75) is 43.6 Å². The van der Waals surface area contributed by atoms with Crippen molar-refractivity contribution in [3.05, 3.63) is 30.1 Å². The first-order chi connectivity index (χ1) is 11.7. The van der Waals surface area contributed by atoms with Gasteiger partial charge in [-0.05, 0) is 39.8 Å². The zero-order chi connectivity index (χ0) is 18.4. The quantitative estimate of drug-likeness (QED) is 0.851. The van der Waals surface area contributed by atoms with Crippen LogP contribution < -0.4 is 10.2 Å². The van der Waals surface area contributed by atoms with E-state index >= 15 is 0 Å². The summed E-state index contributed by atoms with van der Waals surface area (Å²) in [6.45, 7) is 7.18. The number of carbonyl (C=O) groups is 2. The van der Waals surface area contributed by atoms with E-state index in [1.54, 1.807) is 24.8 Å². The Morgan fingerprint density at radius 2 is 1.96 bits per heavy atom. The molecule has 7 nitrogen and oxygen atoms in total. The average molecular weight is 359 g/mol. The Morgan fingerprint density at radius 3 is 2.60 bits per heavy atom. The van der Waals surface area contributed by atoms with Gasteiger partial charge in [0, 0.05) is 7.05 Å². The molecular formula is C17H21N5O2S. The molecule has 0 radical (unpaired) electrons. The average Bonchev–Trinajstić information content (AvgIpc) is 2.87. The summed E-state index contributed by atoms with van der Waals surface area (Å²) in [5, 5.41) is 11.3. The molecule has 2 aromatic rings. The van der Waals surface area contributed by atoms with Crippen molar-refractivity contribution < 1.29 is 9.59 Å². The number of fused-ring (bicyclic) bond motifs is 1. The van der Waals surface area contributed by atoms with Crippen molar-refractivity contribution in [1.29, 1.82) is 0 Å². The van der Waals surface area contributed by atoms with E-state index in [9.17, 15) is 9.59 Å². The van der Waals surface area contributed by atoms with Crippen LogP contribution in [0.25, 0.3) is 0 Å². The first kappa shape index (κ1) is 17.5. The summed E-state index contributed by atoms with van der Waals surface area (Å²) in [7, 11) is 1.86. The summed E-state index contributed by atoms with van der Waals surface area (Å²) in [6.07, 6.45) is 0. The number of nitrogens with one attached hydrogen (secondary N) is 1. The highest BCUT2D eigenvalue weighted by Gasteiger charge is 2.44. The minimum absolute atomic E-state index is 0.141. The number of benzene rings is 1. The van der Waals surface area contributed by atoms with Crippen molar-refractivity contribution >= 4 is 35.0 Å². The highest BCUT2D eigenvalue weighted by Crippen LogP contribution is 2.38. The number of aromatic nitrogens is 3. The molecular weight excluding hydrogens is 338 g/mol. The molecule has 1 N–H and O–H groups in total. The minimum atomic E-state index is -0.976. The Hall–Kier alpha value is -2.35. The molecule has 2 amide bonds.